The molecule has 1 aliphatic heterocycles. The van der Waals surface area contributed by atoms with Crippen molar-refractivity contribution in [1.82, 2.24) is 10.2 Å². The SMILES string of the molecule is CC(=O)N[C@@H]1CCCN(C(=O)CCCc2cc(C)sc2C)C1. The first-order chi connectivity index (χ1) is 10.5. The van der Waals surface area contributed by atoms with Crippen LogP contribution in [0.4, 0.5) is 0 Å². The molecule has 5 heteroatoms. The number of amides is 2. The third-order valence-corrected chi connectivity index (χ3v) is 5.17. The maximum absolute atomic E-state index is 12.3. The highest BCUT2D eigenvalue weighted by Gasteiger charge is 2.23. The van der Waals surface area contributed by atoms with Crippen LogP contribution >= 0.6 is 11.3 Å². The van der Waals surface area contributed by atoms with Crippen LogP contribution in [0.3, 0.4) is 0 Å². The quantitative estimate of drug-likeness (QED) is 0.906. The minimum absolute atomic E-state index is 0.0115. The summed E-state index contributed by atoms with van der Waals surface area (Å²) in [7, 11) is 0. The van der Waals surface area contributed by atoms with Gasteiger partial charge in [0.1, 0.15) is 0 Å². The van der Waals surface area contributed by atoms with E-state index in [1.54, 1.807) is 0 Å². The van der Waals surface area contributed by atoms with Gasteiger partial charge in [-0.05, 0) is 51.2 Å². The van der Waals surface area contributed by atoms with E-state index in [1.807, 2.05) is 16.2 Å². The summed E-state index contributed by atoms with van der Waals surface area (Å²) < 4.78 is 0. The van der Waals surface area contributed by atoms with Crippen LogP contribution in [0.15, 0.2) is 6.07 Å². The van der Waals surface area contributed by atoms with Gasteiger partial charge in [-0.2, -0.15) is 0 Å². The first-order valence-corrected chi connectivity index (χ1v) is 8.88. The van der Waals surface area contributed by atoms with Crippen molar-refractivity contribution in [1.29, 1.82) is 0 Å². The number of piperidine rings is 1. The van der Waals surface area contributed by atoms with Gasteiger partial charge in [0.15, 0.2) is 0 Å². The number of thiophene rings is 1. The Morgan fingerprint density at radius 2 is 2.18 bits per heavy atom. The second-order valence-electron chi connectivity index (χ2n) is 6.17. The number of carbonyl (C=O) groups is 2. The molecule has 22 heavy (non-hydrogen) atoms. The van der Waals surface area contributed by atoms with Gasteiger partial charge < -0.3 is 10.2 Å². The Bertz CT molecular complexity index is 539. The predicted molar refractivity (Wildman–Crippen MR) is 90.1 cm³/mol. The van der Waals surface area contributed by atoms with Crippen molar-refractivity contribution in [2.45, 2.75) is 58.9 Å². The van der Waals surface area contributed by atoms with E-state index >= 15 is 0 Å². The summed E-state index contributed by atoms with van der Waals surface area (Å²) in [5, 5.41) is 2.93. The van der Waals surface area contributed by atoms with Crippen LogP contribution in [0, 0.1) is 13.8 Å². The van der Waals surface area contributed by atoms with Crippen LogP contribution < -0.4 is 5.32 Å². The maximum atomic E-state index is 12.3. The third kappa shape index (κ3) is 4.83. The van der Waals surface area contributed by atoms with Crippen molar-refractivity contribution in [3.05, 3.63) is 21.4 Å². The van der Waals surface area contributed by atoms with Crippen molar-refractivity contribution in [3.8, 4) is 0 Å². The van der Waals surface area contributed by atoms with Crippen LogP contribution in [-0.4, -0.2) is 35.8 Å². The molecule has 2 amide bonds. The molecule has 1 atom stereocenters. The average Bonchev–Trinajstić information content (AvgIpc) is 2.76. The van der Waals surface area contributed by atoms with E-state index in [9.17, 15) is 9.59 Å². The van der Waals surface area contributed by atoms with Gasteiger partial charge in [-0.25, -0.2) is 0 Å². The molecule has 0 spiro atoms. The molecule has 1 aromatic heterocycles. The Kier molecular flexibility index (Phi) is 6.00. The number of likely N-dealkylation sites (tertiary alicyclic amines) is 1. The van der Waals surface area contributed by atoms with Gasteiger partial charge in [-0.3, -0.25) is 9.59 Å². The van der Waals surface area contributed by atoms with Gasteiger partial charge in [0.25, 0.3) is 0 Å². The molecule has 122 valence electrons. The Hall–Kier alpha value is -1.36. The molecule has 0 saturated carbocycles. The van der Waals surface area contributed by atoms with Gasteiger partial charge in [0.2, 0.25) is 11.8 Å². The highest BCUT2D eigenvalue weighted by atomic mass is 32.1. The lowest BCUT2D eigenvalue weighted by Gasteiger charge is -2.33. The Balaban J connectivity index is 1.77. The highest BCUT2D eigenvalue weighted by Crippen LogP contribution is 2.22. The molecule has 0 radical (unpaired) electrons. The number of carbonyl (C=O) groups excluding carboxylic acids is 2. The van der Waals surface area contributed by atoms with E-state index in [0.717, 1.165) is 32.2 Å². The van der Waals surface area contributed by atoms with E-state index < -0.39 is 0 Å². The largest absolute Gasteiger partial charge is 0.352 e. The van der Waals surface area contributed by atoms with Crippen LogP contribution in [0.5, 0.6) is 0 Å². The summed E-state index contributed by atoms with van der Waals surface area (Å²) in [6.07, 6.45) is 4.42. The third-order valence-electron chi connectivity index (χ3n) is 4.16. The minimum atomic E-state index is -0.0115. The lowest BCUT2D eigenvalue weighted by atomic mass is 10.0. The Morgan fingerprint density at radius 3 is 2.82 bits per heavy atom. The van der Waals surface area contributed by atoms with E-state index in [1.165, 1.54) is 22.2 Å². The monoisotopic (exact) mass is 322 g/mol. The second-order valence-corrected chi connectivity index (χ2v) is 7.63. The van der Waals surface area contributed by atoms with Crippen LogP contribution in [0.1, 0.15) is 47.9 Å². The fourth-order valence-electron chi connectivity index (χ4n) is 3.13. The molecule has 4 nitrogen and oxygen atoms in total. The van der Waals surface area contributed by atoms with E-state index in [-0.39, 0.29) is 17.9 Å². The molecular formula is C17H26N2O2S. The standard InChI is InChI=1S/C17H26N2O2S/c1-12-10-15(13(2)22-12)6-4-8-17(21)19-9-5-7-16(11-19)18-14(3)20/h10,16H,4-9,11H2,1-3H3,(H,18,20)/t16-/m1/s1. The number of hydrogen-bond donors (Lipinski definition) is 1. The molecule has 2 rings (SSSR count). The van der Waals surface area contributed by atoms with Gasteiger partial charge in [-0.15, -0.1) is 11.3 Å². The Labute approximate surface area is 136 Å². The molecule has 0 unspecified atom stereocenters. The molecule has 0 bridgehead atoms. The number of nitrogens with zero attached hydrogens (tertiary/aromatic N) is 1. The fourth-order valence-corrected chi connectivity index (χ4v) is 4.11. The molecule has 1 fully saturated rings. The first kappa shape index (κ1) is 17.0. The summed E-state index contributed by atoms with van der Waals surface area (Å²) in [6.45, 7) is 7.30. The summed E-state index contributed by atoms with van der Waals surface area (Å²) in [5.41, 5.74) is 1.38. The zero-order valence-corrected chi connectivity index (χ0v) is 14.6. The van der Waals surface area contributed by atoms with Crippen molar-refractivity contribution in [2.75, 3.05) is 13.1 Å². The van der Waals surface area contributed by atoms with Gasteiger partial charge >= 0.3 is 0 Å². The number of rotatable bonds is 5. The summed E-state index contributed by atoms with van der Waals surface area (Å²) in [5.74, 6) is 0.210. The zero-order valence-electron chi connectivity index (χ0n) is 13.8. The lowest BCUT2D eigenvalue weighted by molar-refractivity contribution is -0.133. The summed E-state index contributed by atoms with van der Waals surface area (Å²) in [4.78, 5) is 28.1. The topological polar surface area (TPSA) is 49.4 Å². The normalized spacial score (nSPS) is 18.3. The van der Waals surface area contributed by atoms with Crippen LogP contribution in [-0.2, 0) is 16.0 Å². The number of aryl methyl sites for hydroxylation is 3. The van der Waals surface area contributed by atoms with Gasteiger partial charge in [0, 0.05) is 42.2 Å². The molecule has 1 saturated heterocycles. The first-order valence-electron chi connectivity index (χ1n) is 8.06. The van der Waals surface area contributed by atoms with E-state index in [0.29, 0.717) is 13.0 Å². The summed E-state index contributed by atoms with van der Waals surface area (Å²) in [6, 6.07) is 2.36. The van der Waals surface area contributed by atoms with E-state index in [4.69, 9.17) is 0 Å². The highest BCUT2D eigenvalue weighted by molar-refractivity contribution is 7.12. The van der Waals surface area contributed by atoms with E-state index in [2.05, 4.69) is 25.2 Å². The lowest BCUT2D eigenvalue weighted by Crippen LogP contribution is -2.49. The van der Waals surface area contributed by atoms with Gasteiger partial charge in [-0.1, -0.05) is 0 Å². The molecule has 1 aliphatic rings. The minimum Gasteiger partial charge on any atom is -0.352 e. The van der Waals surface area contributed by atoms with Gasteiger partial charge in [0.05, 0.1) is 0 Å². The van der Waals surface area contributed by atoms with Crippen molar-refractivity contribution >= 4 is 23.2 Å². The molecule has 2 heterocycles. The summed E-state index contributed by atoms with van der Waals surface area (Å²) >= 11 is 1.83. The second kappa shape index (κ2) is 7.77. The Morgan fingerprint density at radius 1 is 1.41 bits per heavy atom. The van der Waals surface area contributed by atoms with Crippen molar-refractivity contribution < 1.29 is 9.59 Å². The number of hydrogen-bond acceptors (Lipinski definition) is 3. The van der Waals surface area contributed by atoms with Crippen molar-refractivity contribution in [2.24, 2.45) is 0 Å². The molecule has 0 aromatic carbocycles. The van der Waals surface area contributed by atoms with Crippen molar-refractivity contribution in [3.63, 3.8) is 0 Å². The molecule has 0 aliphatic carbocycles. The average molecular weight is 322 g/mol. The maximum Gasteiger partial charge on any atom is 0.222 e. The zero-order chi connectivity index (χ0) is 16.1. The van der Waals surface area contributed by atoms with Crippen LogP contribution in [0.2, 0.25) is 0 Å². The predicted octanol–water partition coefficient (Wildman–Crippen LogP) is 2.81. The molecular weight excluding hydrogens is 296 g/mol. The van der Waals surface area contributed by atoms with Crippen LogP contribution in [0.25, 0.3) is 0 Å². The molecule has 1 N–H and O–H groups in total. The smallest absolute Gasteiger partial charge is 0.222 e. The molecule has 1 aromatic rings. The number of nitrogens with one attached hydrogen (secondary N) is 1. The fraction of sp³-hybridized carbons (Fsp3) is 0.647.